The molecule has 1 aromatic heterocycles. The Morgan fingerprint density at radius 2 is 2.13 bits per heavy atom. The van der Waals surface area contributed by atoms with Crippen LogP contribution in [0.15, 0.2) is 21.2 Å². The van der Waals surface area contributed by atoms with Crippen molar-refractivity contribution in [2.24, 2.45) is 0 Å². The molecular formula is C10H13Br2ClN2. The molecule has 84 valence electrons. The Bertz CT molecular complexity index is 314. The lowest BCUT2D eigenvalue weighted by molar-refractivity contribution is 0.778. The van der Waals surface area contributed by atoms with Crippen LogP contribution in [0.3, 0.4) is 0 Å². The monoisotopic (exact) mass is 354 g/mol. The highest BCUT2D eigenvalue weighted by atomic mass is 79.9. The summed E-state index contributed by atoms with van der Waals surface area (Å²) < 4.78 is 1.97. The van der Waals surface area contributed by atoms with Crippen molar-refractivity contribution in [3.05, 3.63) is 21.2 Å². The number of alkyl halides is 1. The fourth-order valence-electron chi connectivity index (χ4n) is 1.34. The normalized spacial score (nSPS) is 10.4. The molecule has 1 rings (SSSR count). The van der Waals surface area contributed by atoms with Crippen molar-refractivity contribution in [2.45, 2.75) is 13.3 Å². The number of hydrogen-bond acceptors (Lipinski definition) is 2. The molecule has 0 aromatic carbocycles. The van der Waals surface area contributed by atoms with E-state index < -0.39 is 0 Å². The fourth-order valence-corrected chi connectivity index (χ4v) is 2.78. The first kappa shape index (κ1) is 13.3. The van der Waals surface area contributed by atoms with Gasteiger partial charge in [-0.1, -0.05) is 6.92 Å². The van der Waals surface area contributed by atoms with Crippen LogP contribution in [0.4, 0.5) is 5.82 Å². The van der Waals surface area contributed by atoms with Crippen LogP contribution >= 0.6 is 43.5 Å². The minimum absolute atomic E-state index is 0.615. The van der Waals surface area contributed by atoms with Gasteiger partial charge in [-0.05, 0) is 44.3 Å². The van der Waals surface area contributed by atoms with E-state index in [1.54, 1.807) is 6.20 Å². The number of anilines is 1. The molecule has 0 saturated carbocycles. The molecule has 0 N–H and O–H groups in total. The molecule has 0 radical (unpaired) electrons. The highest BCUT2D eigenvalue weighted by molar-refractivity contribution is 9.11. The molecule has 0 unspecified atom stereocenters. The van der Waals surface area contributed by atoms with E-state index in [2.05, 4.69) is 48.7 Å². The average molecular weight is 356 g/mol. The van der Waals surface area contributed by atoms with Crippen molar-refractivity contribution in [3.8, 4) is 0 Å². The van der Waals surface area contributed by atoms with Crippen LogP contribution in [0.5, 0.6) is 0 Å². The topological polar surface area (TPSA) is 16.1 Å². The van der Waals surface area contributed by atoms with E-state index in [0.29, 0.717) is 5.88 Å². The van der Waals surface area contributed by atoms with Gasteiger partial charge in [-0.3, -0.25) is 0 Å². The number of nitrogens with zero attached hydrogens (tertiary/aromatic N) is 2. The van der Waals surface area contributed by atoms with Gasteiger partial charge in [0.1, 0.15) is 5.82 Å². The largest absolute Gasteiger partial charge is 0.355 e. The predicted molar refractivity (Wildman–Crippen MR) is 72.9 cm³/mol. The Labute approximate surface area is 112 Å². The molecule has 5 heteroatoms. The quantitative estimate of drug-likeness (QED) is 0.740. The number of pyridine rings is 1. The van der Waals surface area contributed by atoms with E-state index in [0.717, 1.165) is 34.3 Å². The number of hydrogen-bond donors (Lipinski definition) is 0. The van der Waals surface area contributed by atoms with Gasteiger partial charge >= 0.3 is 0 Å². The minimum Gasteiger partial charge on any atom is -0.355 e. The zero-order valence-electron chi connectivity index (χ0n) is 8.51. The lowest BCUT2D eigenvalue weighted by Gasteiger charge is -2.23. The van der Waals surface area contributed by atoms with E-state index in [-0.39, 0.29) is 0 Å². The molecule has 15 heavy (non-hydrogen) atoms. The lowest BCUT2D eigenvalue weighted by atomic mass is 10.3. The maximum atomic E-state index is 5.77. The van der Waals surface area contributed by atoms with Crippen molar-refractivity contribution < 1.29 is 0 Å². The van der Waals surface area contributed by atoms with Crippen LogP contribution in [0, 0.1) is 0 Å². The van der Waals surface area contributed by atoms with Crippen LogP contribution < -0.4 is 4.90 Å². The van der Waals surface area contributed by atoms with Gasteiger partial charge in [0.25, 0.3) is 0 Å². The lowest BCUT2D eigenvalue weighted by Crippen LogP contribution is -2.27. The third kappa shape index (κ3) is 3.93. The van der Waals surface area contributed by atoms with Crippen LogP contribution in [0.1, 0.15) is 13.3 Å². The molecule has 0 spiro atoms. The van der Waals surface area contributed by atoms with Crippen molar-refractivity contribution in [2.75, 3.05) is 23.9 Å². The standard InChI is InChI=1S/C10H13Br2ClN2/c1-2-4-15(5-3-13)10-9(12)6-8(11)7-14-10/h6-7H,2-5H2,1H3. The molecule has 0 aliphatic rings. The second kappa shape index (κ2) is 6.71. The maximum Gasteiger partial charge on any atom is 0.142 e. The van der Waals surface area contributed by atoms with Gasteiger partial charge in [-0.2, -0.15) is 0 Å². The van der Waals surface area contributed by atoms with Gasteiger partial charge in [-0.15, -0.1) is 11.6 Å². The summed E-state index contributed by atoms with van der Waals surface area (Å²) in [6.45, 7) is 3.94. The minimum atomic E-state index is 0.615. The Kier molecular flexibility index (Phi) is 5.94. The van der Waals surface area contributed by atoms with Gasteiger partial charge in [0.05, 0.1) is 4.47 Å². The molecule has 0 aliphatic carbocycles. The molecule has 1 heterocycles. The second-order valence-electron chi connectivity index (χ2n) is 3.13. The predicted octanol–water partition coefficient (Wildman–Crippen LogP) is 4.06. The second-order valence-corrected chi connectivity index (χ2v) is 5.28. The molecule has 0 saturated heterocycles. The molecule has 0 bridgehead atoms. The summed E-state index contributed by atoms with van der Waals surface area (Å²) in [6, 6.07) is 2.00. The number of halogens is 3. The molecular weight excluding hydrogens is 343 g/mol. The third-order valence-corrected chi connectivity index (χ3v) is 3.12. The van der Waals surface area contributed by atoms with Gasteiger partial charge in [0.2, 0.25) is 0 Å². The summed E-state index contributed by atoms with van der Waals surface area (Å²) in [7, 11) is 0. The van der Waals surface area contributed by atoms with Crippen molar-refractivity contribution in [3.63, 3.8) is 0 Å². The average Bonchev–Trinajstić information content (AvgIpc) is 2.17. The maximum absolute atomic E-state index is 5.77. The first-order valence-corrected chi connectivity index (χ1v) is 6.93. The van der Waals surface area contributed by atoms with Crippen LogP contribution in [0.2, 0.25) is 0 Å². The molecule has 0 fully saturated rings. The molecule has 0 atom stereocenters. The molecule has 1 aromatic rings. The Morgan fingerprint density at radius 3 is 2.67 bits per heavy atom. The van der Waals surface area contributed by atoms with Gasteiger partial charge < -0.3 is 4.90 Å². The van der Waals surface area contributed by atoms with Crippen LogP contribution in [-0.2, 0) is 0 Å². The third-order valence-electron chi connectivity index (χ3n) is 1.94. The number of rotatable bonds is 5. The van der Waals surface area contributed by atoms with Gasteiger partial charge in [0.15, 0.2) is 0 Å². The van der Waals surface area contributed by atoms with Crippen molar-refractivity contribution in [1.82, 2.24) is 4.98 Å². The van der Waals surface area contributed by atoms with Crippen LogP contribution in [-0.4, -0.2) is 24.0 Å². The summed E-state index contributed by atoms with van der Waals surface area (Å²) in [5.74, 6) is 1.57. The van der Waals surface area contributed by atoms with E-state index in [4.69, 9.17) is 11.6 Å². The summed E-state index contributed by atoms with van der Waals surface area (Å²) in [5, 5.41) is 0. The SMILES string of the molecule is CCCN(CCCl)c1ncc(Br)cc1Br. The fraction of sp³-hybridized carbons (Fsp3) is 0.500. The highest BCUT2D eigenvalue weighted by Crippen LogP contribution is 2.26. The van der Waals surface area contributed by atoms with Crippen molar-refractivity contribution in [1.29, 1.82) is 0 Å². The molecule has 2 nitrogen and oxygen atoms in total. The highest BCUT2D eigenvalue weighted by Gasteiger charge is 2.10. The zero-order chi connectivity index (χ0) is 11.3. The first-order chi connectivity index (χ1) is 7.19. The summed E-state index contributed by atoms with van der Waals surface area (Å²) in [4.78, 5) is 6.57. The molecule has 0 aliphatic heterocycles. The van der Waals surface area contributed by atoms with E-state index in [1.807, 2.05) is 6.07 Å². The molecule has 0 amide bonds. The number of aromatic nitrogens is 1. The Morgan fingerprint density at radius 1 is 1.40 bits per heavy atom. The zero-order valence-corrected chi connectivity index (χ0v) is 12.4. The van der Waals surface area contributed by atoms with E-state index in [9.17, 15) is 0 Å². The van der Waals surface area contributed by atoms with E-state index in [1.165, 1.54) is 0 Å². The van der Waals surface area contributed by atoms with Gasteiger partial charge in [0, 0.05) is 29.6 Å². The van der Waals surface area contributed by atoms with E-state index >= 15 is 0 Å². The Hall–Kier alpha value is 0.200. The van der Waals surface area contributed by atoms with Crippen molar-refractivity contribution >= 4 is 49.3 Å². The van der Waals surface area contributed by atoms with Gasteiger partial charge in [-0.25, -0.2) is 4.98 Å². The first-order valence-electron chi connectivity index (χ1n) is 4.81. The summed E-state index contributed by atoms with van der Waals surface area (Å²) >= 11 is 12.7. The summed E-state index contributed by atoms with van der Waals surface area (Å²) in [6.07, 6.45) is 2.89. The summed E-state index contributed by atoms with van der Waals surface area (Å²) in [5.41, 5.74) is 0. The Balaban J connectivity index is 2.89. The smallest absolute Gasteiger partial charge is 0.142 e. The van der Waals surface area contributed by atoms with Crippen LogP contribution in [0.25, 0.3) is 0 Å².